The molecule has 0 spiro atoms. The summed E-state index contributed by atoms with van der Waals surface area (Å²) in [6.45, 7) is 3.30. The van der Waals surface area contributed by atoms with Crippen LogP contribution in [0, 0.1) is 17.6 Å². The van der Waals surface area contributed by atoms with Crippen molar-refractivity contribution in [2.24, 2.45) is 11.7 Å². The van der Waals surface area contributed by atoms with Gasteiger partial charge in [0.25, 0.3) is 0 Å². The van der Waals surface area contributed by atoms with E-state index in [9.17, 15) is 8.78 Å². The first-order valence-electron chi connectivity index (χ1n) is 5.44. The molecule has 0 radical (unpaired) electrons. The molecule has 0 aromatic heterocycles. The molecule has 0 heterocycles. The molecule has 0 fully saturated rings. The fourth-order valence-electron chi connectivity index (χ4n) is 1.65. The number of nitrogens with two attached hydrogens (primary N) is 1. The van der Waals surface area contributed by atoms with Crippen molar-refractivity contribution in [1.82, 2.24) is 0 Å². The average Bonchev–Trinajstić information content (AvgIpc) is 2.25. The first-order valence-corrected chi connectivity index (χ1v) is 5.44. The Balaban J connectivity index is 2.76. The summed E-state index contributed by atoms with van der Waals surface area (Å²) >= 11 is 0. The summed E-state index contributed by atoms with van der Waals surface area (Å²) < 4.78 is 26.2. The highest BCUT2D eigenvalue weighted by molar-refractivity contribution is 5.47. The summed E-state index contributed by atoms with van der Waals surface area (Å²) in [5.41, 5.74) is 6.00. The number of hydrogen-bond acceptors (Lipinski definition) is 2. The van der Waals surface area contributed by atoms with E-state index in [1.54, 1.807) is 11.9 Å². The van der Waals surface area contributed by atoms with E-state index in [1.807, 2.05) is 6.92 Å². The Morgan fingerprint density at radius 2 is 2.06 bits per heavy atom. The highest BCUT2D eigenvalue weighted by Crippen LogP contribution is 2.20. The zero-order chi connectivity index (χ0) is 12.1. The lowest BCUT2D eigenvalue weighted by molar-refractivity contribution is 0.514. The van der Waals surface area contributed by atoms with E-state index in [4.69, 9.17) is 5.73 Å². The molecule has 0 bridgehead atoms. The molecule has 0 saturated carbocycles. The van der Waals surface area contributed by atoms with Crippen LogP contribution in [0.5, 0.6) is 0 Å². The molecule has 4 heteroatoms. The Morgan fingerprint density at radius 3 is 2.56 bits per heavy atom. The van der Waals surface area contributed by atoms with Crippen molar-refractivity contribution in [2.75, 3.05) is 25.0 Å². The van der Waals surface area contributed by atoms with E-state index in [2.05, 4.69) is 0 Å². The molecular weight excluding hydrogens is 210 g/mol. The molecule has 0 amide bonds. The zero-order valence-corrected chi connectivity index (χ0v) is 9.71. The summed E-state index contributed by atoms with van der Waals surface area (Å²) in [5.74, 6) is -0.760. The van der Waals surface area contributed by atoms with Crippen LogP contribution >= 0.6 is 0 Å². The summed E-state index contributed by atoms with van der Waals surface area (Å²) in [6.07, 6.45) is 0.948. The van der Waals surface area contributed by atoms with Gasteiger partial charge in [0, 0.05) is 19.7 Å². The van der Waals surface area contributed by atoms with Gasteiger partial charge in [0.1, 0.15) is 11.6 Å². The van der Waals surface area contributed by atoms with Crippen LogP contribution in [0.25, 0.3) is 0 Å². The third-order valence-electron chi connectivity index (χ3n) is 2.76. The van der Waals surface area contributed by atoms with Gasteiger partial charge in [-0.3, -0.25) is 0 Å². The lowest BCUT2D eigenvalue weighted by atomic mass is 10.1. The van der Waals surface area contributed by atoms with E-state index in [-0.39, 0.29) is 0 Å². The Bertz CT molecular complexity index is 338. The molecule has 0 aliphatic heterocycles. The predicted molar refractivity (Wildman–Crippen MR) is 62.5 cm³/mol. The normalized spacial score (nSPS) is 12.6. The molecular formula is C12H18F2N2. The number of hydrogen-bond donors (Lipinski definition) is 1. The van der Waals surface area contributed by atoms with Gasteiger partial charge in [-0.2, -0.15) is 0 Å². The molecule has 16 heavy (non-hydrogen) atoms. The zero-order valence-electron chi connectivity index (χ0n) is 9.71. The van der Waals surface area contributed by atoms with Gasteiger partial charge in [0.05, 0.1) is 5.69 Å². The van der Waals surface area contributed by atoms with E-state index in [0.29, 0.717) is 24.7 Å². The van der Waals surface area contributed by atoms with Crippen LogP contribution in [0.1, 0.15) is 13.3 Å². The first-order chi connectivity index (χ1) is 7.58. The highest BCUT2D eigenvalue weighted by Gasteiger charge is 2.12. The minimum Gasteiger partial charge on any atom is -0.372 e. The van der Waals surface area contributed by atoms with E-state index in [0.717, 1.165) is 12.5 Å². The Morgan fingerprint density at radius 1 is 1.38 bits per heavy atom. The number of rotatable bonds is 5. The van der Waals surface area contributed by atoms with Gasteiger partial charge in [-0.15, -0.1) is 0 Å². The third-order valence-corrected chi connectivity index (χ3v) is 2.76. The van der Waals surface area contributed by atoms with E-state index < -0.39 is 11.6 Å². The van der Waals surface area contributed by atoms with Crippen molar-refractivity contribution in [3.8, 4) is 0 Å². The molecule has 90 valence electrons. The van der Waals surface area contributed by atoms with Crippen molar-refractivity contribution < 1.29 is 8.78 Å². The number of nitrogens with zero attached hydrogens (tertiary/aromatic N) is 1. The maximum absolute atomic E-state index is 13.4. The molecule has 1 atom stereocenters. The van der Waals surface area contributed by atoms with Gasteiger partial charge >= 0.3 is 0 Å². The van der Waals surface area contributed by atoms with Crippen LogP contribution in [0.3, 0.4) is 0 Å². The lowest BCUT2D eigenvalue weighted by Crippen LogP contribution is -2.30. The van der Waals surface area contributed by atoms with Crippen LogP contribution in [-0.2, 0) is 0 Å². The van der Waals surface area contributed by atoms with Gasteiger partial charge in [-0.05, 0) is 24.6 Å². The highest BCUT2D eigenvalue weighted by atomic mass is 19.1. The SMILES string of the molecule is CCC(CN)CN(C)c1ccc(F)cc1F. The fourth-order valence-corrected chi connectivity index (χ4v) is 1.65. The van der Waals surface area contributed by atoms with Gasteiger partial charge in [0.2, 0.25) is 0 Å². The third kappa shape index (κ3) is 3.17. The predicted octanol–water partition coefficient (Wildman–Crippen LogP) is 2.39. The standard InChI is InChI=1S/C12H18F2N2/c1-3-9(7-15)8-16(2)12-5-4-10(13)6-11(12)14/h4-6,9H,3,7-8,15H2,1-2H3. The van der Waals surface area contributed by atoms with Gasteiger partial charge in [-0.1, -0.05) is 13.3 Å². The molecule has 1 unspecified atom stereocenters. The molecule has 0 saturated heterocycles. The van der Waals surface area contributed by atoms with Crippen LogP contribution in [0.2, 0.25) is 0 Å². The van der Waals surface area contributed by atoms with Crippen molar-refractivity contribution >= 4 is 5.69 Å². The van der Waals surface area contributed by atoms with E-state index >= 15 is 0 Å². The topological polar surface area (TPSA) is 29.3 Å². The second kappa shape index (κ2) is 5.80. The lowest BCUT2D eigenvalue weighted by Gasteiger charge is -2.24. The van der Waals surface area contributed by atoms with Crippen LogP contribution < -0.4 is 10.6 Å². The van der Waals surface area contributed by atoms with Gasteiger partial charge in [0.15, 0.2) is 0 Å². The average molecular weight is 228 g/mol. The van der Waals surface area contributed by atoms with Gasteiger partial charge < -0.3 is 10.6 Å². The largest absolute Gasteiger partial charge is 0.372 e. The van der Waals surface area contributed by atoms with Crippen molar-refractivity contribution in [3.63, 3.8) is 0 Å². The number of halogens is 2. The molecule has 1 rings (SSSR count). The summed E-state index contributed by atoms with van der Waals surface area (Å²) in [7, 11) is 1.79. The van der Waals surface area contributed by atoms with Crippen molar-refractivity contribution in [1.29, 1.82) is 0 Å². The number of benzene rings is 1. The summed E-state index contributed by atoms with van der Waals surface area (Å²) in [4.78, 5) is 1.77. The van der Waals surface area contributed by atoms with Gasteiger partial charge in [-0.25, -0.2) is 8.78 Å². The molecule has 2 N–H and O–H groups in total. The second-order valence-corrected chi connectivity index (χ2v) is 3.99. The minimum absolute atomic E-state index is 0.328. The second-order valence-electron chi connectivity index (χ2n) is 3.99. The Labute approximate surface area is 95.1 Å². The molecule has 2 nitrogen and oxygen atoms in total. The van der Waals surface area contributed by atoms with Crippen molar-refractivity contribution in [3.05, 3.63) is 29.8 Å². The van der Waals surface area contributed by atoms with Crippen molar-refractivity contribution in [2.45, 2.75) is 13.3 Å². The molecule has 0 aliphatic carbocycles. The smallest absolute Gasteiger partial charge is 0.149 e. The monoisotopic (exact) mass is 228 g/mol. The van der Waals surface area contributed by atoms with Crippen LogP contribution in [0.4, 0.5) is 14.5 Å². The molecule has 1 aromatic carbocycles. The first kappa shape index (κ1) is 12.9. The molecule has 1 aromatic rings. The maximum Gasteiger partial charge on any atom is 0.149 e. The summed E-state index contributed by atoms with van der Waals surface area (Å²) in [5, 5.41) is 0. The fraction of sp³-hybridized carbons (Fsp3) is 0.500. The van der Waals surface area contributed by atoms with Crippen LogP contribution in [0.15, 0.2) is 18.2 Å². The summed E-state index contributed by atoms with van der Waals surface area (Å²) in [6, 6.07) is 3.61. The number of anilines is 1. The Kier molecular flexibility index (Phi) is 4.68. The van der Waals surface area contributed by atoms with E-state index in [1.165, 1.54) is 12.1 Å². The Hall–Kier alpha value is -1.16. The minimum atomic E-state index is -0.555. The quantitative estimate of drug-likeness (QED) is 0.838. The van der Waals surface area contributed by atoms with Crippen LogP contribution in [-0.4, -0.2) is 20.1 Å². The maximum atomic E-state index is 13.4. The molecule has 0 aliphatic rings.